The van der Waals surface area contributed by atoms with Crippen LogP contribution in [0.15, 0.2) is 180 Å². The number of hydrogen-bond donors (Lipinski definition) is 0. The molecule has 55 heavy (non-hydrogen) atoms. The lowest BCUT2D eigenvalue weighted by atomic mass is 10.00. The zero-order valence-electron chi connectivity index (χ0n) is 29.4. The molecule has 4 heterocycles. The smallest absolute Gasteiger partial charge is 0.238 e. The highest BCUT2D eigenvalue weighted by atomic mass is 16.3. The Morgan fingerprint density at radius 3 is 1.71 bits per heavy atom. The summed E-state index contributed by atoms with van der Waals surface area (Å²) in [5.41, 5.74) is 8.78. The summed E-state index contributed by atoms with van der Waals surface area (Å²) < 4.78 is 11.2. The summed E-state index contributed by atoms with van der Waals surface area (Å²) >= 11 is 0. The molecule has 0 spiro atoms. The van der Waals surface area contributed by atoms with Crippen molar-refractivity contribution in [2.75, 3.05) is 0 Å². The molecule has 0 aliphatic carbocycles. The Morgan fingerprint density at radius 2 is 0.964 bits per heavy atom. The second-order valence-electron chi connectivity index (χ2n) is 14.0. The van der Waals surface area contributed by atoms with Gasteiger partial charge in [-0.3, -0.25) is 4.57 Å². The van der Waals surface area contributed by atoms with Gasteiger partial charge in [0, 0.05) is 43.6 Å². The highest BCUT2D eigenvalue weighted by Crippen LogP contribution is 2.43. The van der Waals surface area contributed by atoms with Gasteiger partial charge in [0.15, 0.2) is 11.6 Å². The maximum atomic E-state index is 6.68. The minimum Gasteiger partial charge on any atom is -0.455 e. The van der Waals surface area contributed by atoms with Crippen LogP contribution in [0.2, 0.25) is 0 Å². The maximum absolute atomic E-state index is 6.68. The van der Waals surface area contributed by atoms with Gasteiger partial charge in [-0.25, -0.2) is 4.98 Å². The van der Waals surface area contributed by atoms with E-state index in [1.807, 2.05) is 42.5 Å². The van der Waals surface area contributed by atoms with E-state index in [0.29, 0.717) is 17.6 Å². The Labute approximate surface area is 314 Å². The molecule has 0 atom stereocenters. The number of aromatic nitrogens is 5. The number of rotatable bonds is 4. The molecule has 0 bridgehead atoms. The standard InChI is InChI=1S/C49H29N5O/c1-3-15-30(16-4-1)47-50-48(37-29-31-17-7-8-20-33(31)43-36-23-11-14-26-42(36)55-46(37)43)52-49(51-47)54-39-25-13-10-22-35(39)45-41(54)28-27-40-44(45)34-21-9-12-24-38(34)53(40)32-18-5-2-6-19-32/h1-29H. The number of nitrogens with zero attached hydrogens (tertiary/aromatic N) is 5. The molecule has 6 heteroatoms. The summed E-state index contributed by atoms with van der Waals surface area (Å²) in [4.78, 5) is 15.8. The van der Waals surface area contributed by atoms with Crippen molar-refractivity contribution >= 4 is 76.3 Å². The Kier molecular flexibility index (Phi) is 6.24. The molecule has 0 fully saturated rings. The van der Waals surface area contributed by atoms with Gasteiger partial charge in [-0.1, -0.05) is 127 Å². The molecule has 0 unspecified atom stereocenters. The quantitative estimate of drug-likeness (QED) is 0.183. The molecule has 4 aromatic heterocycles. The molecule has 0 N–H and O–H groups in total. The van der Waals surface area contributed by atoms with Gasteiger partial charge in [0.2, 0.25) is 5.95 Å². The van der Waals surface area contributed by atoms with Gasteiger partial charge >= 0.3 is 0 Å². The third-order valence-electron chi connectivity index (χ3n) is 11.0. The van der Waals surface area contributed by atoms with E-state index in [9.17, 15) is 0 Å². The lowest BCUT2D eigenvalue weighted by Gasteiger charge is -2.12. The van der Waals surface area contributed by atoms with E-state index < -0.39 is 0 Å². The highest BCUT2D eigenvalue weighted by Gasteiger charge is 2.24. The van der Waals surface area contributed by atoms with Crippen molar-refractivity contribution < 1.29 is 4.42 Å². The van der Waals surface area contributed by atoms with Crippen molar-refractivity contribution in [3.63, 3.8) is 0 Å². The molecular formula is C49H29N5O. The SMILES string of the molecule is c1ccc(-c2nc(-c3cc4ccccc4c4c3oc3ccccc34)nc(-n3c4ccccc4c4c5c6ccccc6n(-c6ccccc6)c5ccc43)n2)cc1. The lowest BCUT2D eigenvalue weighted by Crippen LogP contribution is -2.06. The first kappa shape index (κ1) is 29.9. The molecule has 0 amide bonds. The molecule has 12 rings (SSSR count). The molecule has 8 aromatic carbocycles. The fourth-order valence-corrected chi connectivity index (χ4v) is 8.63. The minimum absolute atomic E-state index is 0.540. The summed E-state index contributed by atoms with van der Waals surface area (Å²) in [5, 5.41) is 9.02. The summed E-state index contributed by atoms with van der Waals surface area (Å²) in [5.74, 6) is 1.68. The third-order valence-corrected chi connectivity index (χ3v) is 11.0. The van der Waals surface area contributed by atoms with E-state index in [4.69, 9.17) is 19.4 Å². The first-order valence-corrected chi connectivity index (χ1v) is 18.5. The largest absolute Gasteiger partial charge is 0.455 e. The van der Waals surface area contributed by atoms with Gasteiger partial charge in [-0.15, -0.1) is 0 Å². The van der Waals surface area contributed by atoms with Crippen LogP contribution in [0.1, 0.15) is 0 Å². The molecular weight excluding hydrogens is 675 g/mol. The monoisotopic (exact) mass is 703 g/mol. The van der Waals surface area contributed by atoms with Crippen LogP contribution in [0.25, 0.3) is 111 Å². The summed E-state index contributed by atoms with van der Waals surface area (Å²) in [6, 6.07) is 61.3. The lowest BCUT2D eigenvalue weighted by molar-refractivity contribution is 0.669. The van der Waals surface area contributed by atoms with E-state index >= 15 is 0 Å². The average molecular weight is 704 g/mol. The van der Waals surface area contributed by atoms with Crippen LogP contribution in [-0.4, -0.2) is 24.1 Å². The van der Waals surface area contributed by atoms with Gasteiger partial charge in [0.1, 0.15) is 11.2 Å². The maximum Gasteiger partial charge on any atom is 0.238 e. The summed E-state index contributed by atoms with van der Waals surface area (Å²) in [7, 11) is 0. The highest BCUT2D eigenvalue weighted by molar-refractivity contribution is 6.29. The Bertz CT molecular complexity index is 3490. The van der Waals surface area contributed by atoms with Crippen LogP contribution >= 0.6 is 0 Å². The van der Waals surface area contributed by atoms with Gasteiger partial charge in [-0.05, 0) is 59.3 Å². The van der Waals surface area contributed by atoms with E-state index in [1.54, 1.807) is 0 Å². The van der Waals surface area contributed by atoms with Gasteiger partial charge in [0.25, 0.3) is 0 Å². The molecule has 0 radical (unpaired) electrons. The first-order valence-electron chi connectivity index (χ1n) is 18.5. The normalized spacial score (nSPS) is 12.0. The number of fused-ring (bicyclic) bond motifs is 12. The zero-order valence-corrected chi connectivity index (χ0v) is 29.4. The van der Waals surface area contributed by atoms with Crippen molar-refractivity contribution in [3.05, 3.63) is 176 Å². The van der Waals surface area contributed by atoms with Gasteiger partial charge in [0.05, 0.1) is 27.6 Å². The van der Waals surface area contributed by atoms with Crippen LogP contribution in [0.3, 0.4) is 0 Å². The second-order valence-corrected chi connectivity index (χ2v) is 14.0. The van der Waals surface area contributed by atoms with Crippen molar-refractivity contribution in [3.8, 4) is 34.4 Å². The molecule has 256 valence electrons. The first-order chi connectivity index (χ1) is 27.3. The molecule has 0 saturated heterocycles. The number of hydrogen-bond acceptors (Lipinski definition) is 4. The van der Waals surface area contributed by atoms with E-state index in [0.717, 1.165) is 82.4 Å². The average Bonchev–Trinajstić information content (AvgIpc) is 3.92. The second kappa shape index (κ2) is 11.5. The van der Waals surface area contributed by atoms with Crippen LogP contribution in [0.4, 0.5) is 0 Å². The Balaban J connectivity index is 1.20. The van der Waals surface area contributed by atoms with Crippen LogP contribution in [0, 0.1) is 0 Å². The predicted molar refractivity (Wildman–Crippen MR) is 224 cm³/mol. The molecule has 6 nitrogen and oxygen atoms in total. The fraction of sp³-hybridized carbons (Fsp3) is 0. The van der Waals surface area contributed by atoms with Crippen molar-refractivity contribution in [2.45, 2.75) is 0 Å². The van der Waals surface area contributed by atoms with E-state index in [2.05, 4.69) is 143 Å². The van der Waals surface area contributed by atoms with Gasteiger partial charge in [-0.2, -0.15) is 9.97 Å². The molecule has 12 aromatic rings. The van der Waals surface area contributed by atoms with Crippen molar-refractivity contribution in [1.29, 1.82) is 0 Å². The molecule has 0 aliphatic rings. The van der Waals surface area contributed by atoms with Crippen LogP contribution in [-0.2, 0) is 0 Å². The predicted octanol–water partition coefficient (Wildman–Crippen LogP) is 12.5. The number of para-hydroxylation sites is 4. The van der Waals surface area contributed by atoms with Crippen molar-refractivity contribution in [2.24, 2.45) is 0 Å². The van der Waals surface area contributed by atoms with Crippen LogP contribution < -0.4 is 0 Å². The van der Waals surface area contributed by atoms with Gasteiger partial charge < -0.3 is 8.98 Å². The number of benzene rings is 8. The minimum atomic E-state index is 0.540. The molecule has 0 saturated carbocycles. The third kappa shape index (κ3) is 4.33. The van der Waals surface area contributed by atoms with Crippen LogP contribution in [0.5, 0.6) is 0 Å². The Hall–Kier alpha value is -7.57. The summed E-state index contributed by atoms with van der Waals surface area (Å²) in [6.45, 7) is 0. The van der Waals surface area contributed by atoms with Crippen molar-refractivity contribution in [1.82, 2.24) is 24.1 Å². The fourth-order valence-electron chi connectivity index (χ4n) is 8.63. The molecule has 0 aliphatic heterocycles. The topological polar surface area (TPSA) is 61.7 Å². The number of furan rings is 1. The van der Waals surface area contributed by atoms with E-state index in [1.165, 1.54) is 10.8 Å². The van der Waals surface area contributed by atoms with E-state index in [-0.39, 0.29) is 0 Å². The Morgan fingerprint density at radius 1 is 0.400 bits per heavy atom. The summed E-state index contributed by atoms with van der Waals surface area (Å²) in [6.07, 6.45) is 0. The zero-order chi connectivity index (χ0) is 36.0.